The second-order valence-electron chi connectivity index (χ2n) is 8.75. The Labute approximate surface area is 235 Å². The summed E-state index contributed by atoms with van der Waals surface area (Å²) in [5, 5.41) is 16.0. The summed E-state index contributed by atoms with van der Waals surface area (Å²) >= 11 is 12.2. The second-order valence-corrected chi connectivity index (χ2v) is 9.57. The lowest BCUT2D eigenvalue weighted by Gasteiger charge is -2.28. The van der Waals surface area contributed by atoms with Gasteiger partial charge < -0.3 is 19.5 Å². The molecule has 1 unspecified atom stereocenters. The number of benzene rings is 3. The van der Waals surface area contributed by atoms with Gasteiger partial charge in [-0.2, -0.15) is 4.68 Å². The summed E-state index contributed by atoms with van der Waals surface area (Å²) < 4.78 is 19.2. The minimum atomic E-state index is -0.650. The number of ether oxygens (including phenoxy) is 3. The smallest absolute Gasteiger partial charge is 0.338 e. The van der Waals surface area contributed by atoms with Crippen molar-refractivity contribution < 1.29 is 19.0 Å². The van der Waals surface area contributed by atoms with E-state index >= 15 is 0 Å². The molecule has 0 bridgehead atoms. The Hall–Kier alpha value is -4.08. The van der Waals surface area contributed by atoms with E-state index in [9.17, 15) is 4.79 Å². The first-order chi connectivity index (χ1) is 18.9. The molecule has 0 radical (unpaired) electrons. The van der Waals surface area contributed by atoms with Gasteiger partial charge in [0.15, 0.2) is 11.5 Å². The number of fused-ring (bicyclic) bond motifs is 1. The zero-order chi connectivity index (χ0) is 27.4. The van der Waals surface area contributed by atoms with Crippen LogP contribution in [0.5, 0.6) is 11.5 Å². The summed E-state index contributed by atoms with van der Waals surface area (Å²) in [6, 6.07) is 19.7. The molecule has 39 heavy (non-hydrogen) atoms. The predicted octanol–water partition coefficient (Wildman–Crippen LogP) is 5.99. The van der Waals surface area contributed by atoms with Gasteiger partial charge in [-0.3, -0.25) is 0 Å². The van der Waals surface area contributed by atoms with E-state index in [0.29, 0.717) is 45.4 Å². The molecule has 4 aromatic rings. The third-order valence-electron chi connectivity index (χ3n) is 6.11. The van der Waals surface area contributed by atoms with E-state index in [1.165, 1.54) is 0 Å². The Morgan fingerprint density at radius 2 is 1.77 bits per heavy atom. The van der Waals surface area contributed by atoms with Gasteiger partial charge in [-0.25, -0.2) is 4.79 Å². The van der Waals surface area contributed by atoms with Gasteiger partial charge >= 0.3 is 5.97 Å². The zero-order valence-electron chi connectivity index (χ0n) is 21.2. The van der Waals surface area contributed by atoms with Gasteiger partial charge in [-0.05, 0) is 65.2 Å². The first-order valence-electron chi connectivity index (χ1n) is 12.2. The van der Waals surface area contributed by atoms with Crippen LogP contribution >= 0.6 is 23.2 Å². The molecule has 1 aromatic heterocycles. The highest BCUT2D eigenvalue weighted by atomic mass is 35.5. The number of halogens is 2. The Morgan fingerprint density at radius 1 is 0.949 bits per heavy atom. The van der Waals surface area contributed by atoms with Crippen molar-refractivity contribution in [1.82, 2.24) is 20.2 Å². The SMILES string of the molecule is CCOc1cc(C2C(C(=O)OCc3ccccc3)=C(C)Nc3nnnn32)ccc1OCc1ccc(Cl)c(Cl)c1. The second kappa shape index (κ2) is 11.8. The van der Waals surface area contributed by atoms with Crippen LogP contribution in [-0.4, -0.2) is 32.8 Å². The normalized spacial score (nSPS) is 14.4. The van der Waals surface area contributed by atoms with Crippen molar-refractivity contribution in [3.05, 3.63) is 105 Å². The van der Waals surface area contributed by atoms with Crippen LogP contribution in [-0.2, 0) is 22.7 Å². The Kier molecular flexibility index (Phi) is 7.99. The number of hydrogen-bond acceptors (Lipinski definition) is 8. The summed E-state index contributed by atoms with van der Waals surface area (Å²) in [7, 11) is 0. The van der Waals surface area contributed by atoms with E-state index in [2.05, 4.69) is 20.8 Å². The van der Waals surface area contributed by atoms with Crippen molar-refractivity contribution in [2.24, 2.45) is 0 Å². The number of anilines is 1. The van der Waals surface area contributed by atoms with Gasteiger partial charge in [0.25, 0.3) is 0 Å². The molecule has 0 spiro atoms. The quantitative estimate of drug-likeness (QED) is 0.247. The maximum atomic E-state index is 13.4. The van der Waals surface area contributed by atoms with Crippen LogP contribution in [0.1, 0.15) is 36.6 Å². The first kappa shape index (κ1) is 26.5. The van der Waals surface area contributed by atoms with Crippen LogP contribution in [0.15, 0.2) is 78.0 Å². The molecule has 200 valence electrons. The van der Waals surface area contributed by atoms with Crippen molar-refractivity contribution in [3.8, 4) is 11.5 Å². The van der Waals surface area contributed by atoms with E-state index in [1.54, 1.807) is 29.8 Å². The minimum Gasteiger partial charge on any atom is -0.490 e. The van der Waals surface area contributed by atoms with Gasteiger partial charge in [0.1, 0.15) is 19.3 Å². The predicted molar refractivity (Wildman–Crippen MR) is 147 cm³/mol. The zero-order valence-corrected chi connectivity index (χ0v) is 22.7. The standard InChI is InChI=1S/C28H25Cl2N5O4/c1-3-37-24-14-20(10-12-23(24)38-16-19-9-11-21(29)22(30)13-19)26-25(17(2)31-28-32-33-34-35(26)28)27(36)39-15-18-7-5-4-6-8-18/h4-14,26H,3,15-16H2,1-2H3,(H,31,32,34). The van der Waals surface area contributed by atoms with Crippen molar-refractivity contribution in [3.63, 3.8) is 0 Å². The van der Waals surface area contributed by atoms with Gasteiger partial charge in [-0.1, -0.05) is 70.8 Å². The average molecular weight is 566 g/mol. The molecule has 0 aliphatic carbocycles. The van der Waals surface area contributed by atoms with Crippen LogP contribution in [0.3, 0.4) is 0 Å². The fourth-order valence-electron chi connectivity index (χ4n) is 4.26. The minimum absolute atomic E-state index is 0.136. The van der Waals surface area contributed by atoms with E-state index in [0.717, 1.165) is 16.7 Å². The summed E-state index contributed by atoms with van der Waals surface area (Å²) in [6.07, 6.45) is 0. The van der Waals surface area contributed by atoms with Crippen molar-refractivity contribution in [2.75, 3.05) is 11.9 Å². The average Bonchev–Trinajstić information content (AvgIpc) is 3.41. The highest BCUT2D eigenvalue weighted by molar-refractivity contribution is 6.42. The number of hydrogen-bond donors (Lipinski definition) is 1. The topological polar surface area (TPSA) is 100 Å². The number of tetrazole rings is 1. The van der Waals surface area contributed by atoms with Gasteiger partial charge in [0.2, 0.25) is 5.95 Å². The largest absolute Gasteiger partial charge is 0.490 e. The highest BCUT2D eigenvalue weighted by Gasteiger charge is 2.35. The highest BCUT2D eigenvalue weighted by Crippen LogP contribution is 2.39. The molecule has 0 saturated carbocycles. The molecular weight excluding hydrogens is 541 g/mol. The summed E-state index contributed by atoms with van der Waals surface area (Å²) in [4.78, 5) is 13.4. The molecule has 0 saturated heterocycles. The molecular formula is C28H25Cl2N5O4. The maximum Gasteiger partial charge on any atom is 0.338 e. The van der Waals surface area contributed by atoms with Crippen molar-refractivity contribution >= 4 is 35.1 Å². The summed E-state index contributed by atoms with van der Waals surface area (Å²) in [5.74, 6) is 0.979. The number of carbonyl (C=O) groups is 1. The van der Waals surface area contributed by atoms with Crippen LogP contribution in [0.4, 0.5) is 5.95 Å². The Bertz CT molecular complexity index is 1520. The number of aromatic nitrogens is 4. The number of rotatable bonds is 9. The van der Waals surface area contributed by atoms with Gasteiger partial charge in [-0.15, -0.1) is 0 Å². The van der Waals surface area contributed by atoms with E-state index in [4.69, 9.17) is 37.4 Å². The van der Waals surface area contributed by atoms with Crippen molar-refractivity contribution in [2.45, 2.75) is 33.1 Å². The molecule has 1 N–H and O–H groups in total. The van der Waals surface area contributed by atoms with E-state index in [-0.39, 0.29) is 13.2 Å². The Balaban J connectivity index is 1.44. The maximum absolute atomic E-state index is 13.4. The number of allylic oxidation sites excluding steroid dienone is 1. The van der Waals surface area contributed by atoms with Crippen LogP contribution in [0.2, 0.25) is 10.0 Å². The number of nitrogens with zero attached hydrogens (tertiary/aromatic N) is 4. The monoisotopic (exact) mass is 565 g/mol. The molecule has 0 amide bonds. The summed E-state index contributed by atoms with van der Waals surface area (Å²) in [6.45, 7) is 4.49. The molecule has 9 nitrogen and oxygen atoms in total. The molecule has 5 rings (SSSR count). The lowest BCUT2D eigenvalue weighted by atomic mass is 9.95. The number of esters is 1. The third-order valence-corrected chi connectivity index (χ3v) is 6.85. The molecule has 2 heterocycles. The molecule has 3 aromatic carbocycles. The number of carbonyl (C=O) groups excluding carboxylic acids is 1. The fourth-order valence-corrected chi connectivity index (χ4v) is 4.58. The molecule has 1 aliphatic rings. The molecule has 11 heteroatoms. The van der Waals surface area contributed by atoms with E-state index < -0.39 is 12.0 Å². The fraction of sp³-hybridized carbons (Fsp3) is 0.214. The van der Waals surface area contributed by atoms with Gasteiger partial charge in [0, 0.05) is 5.70 Å². The lowest BCUT2D eigenvalue weighted by molar-refractivity contribution is -0.140. The van der Waals surface area contributed by atoms with Gasteiger partial charge in [0.05, 0.1) is 22.2 Å². The molecule has 1 aliphatic heterocycles. The lowest BCUT2D eigenvalue weighted by Crippen LogP contribution is -2.29. The Morgan fingerprint density at radius 3 is 2.54 bits per heavy atom. The molecule has 1 atom stereocenters. The van der Waals surface area contributed by atoms with Crippen LogP contribution in [0.25, 0.3) is 0 Å². The summed E-state index contributed by atoms with van der Waals surface area (Å²) in [5.41, 5.74) is 3.45. The molecule has 0 fully saturated rings. The van der Waals surface area contributed by atoms with Crippen LogP contribution < -0.4 is 14.8 Å². The first-order valence-corrected chi connectivity index (χ1v) is 13.0. The van der Waals surface area contributed by atoms with Crippen LogP contribution in [0, 0.1) is 0 Å². The number of nitrogens with one attached hydrogen (secondary N) is 1. The van der Waals surface area contributed by atoms with Crippen molar-refractivity contribution in [1.29, 1.82) is 0 Å². The third kappa shape index (κ3) is 5.84. The van der Waals surface area contributed by atoms with E-state index in [1.807, 2.05) is 55.5 Å².